The minimum Gasteiger partial charge on any atom is -0.321 e. The van der Waals surface area contributed by atoms with Crippen LogP contribution in [0, 0.1) is 0 Å². The lowest BCUT2D eigenvalue weighted by Crippen LogP contribution is -2.17. The van der Waals surface area contributed by atoms with Crippen molar-refractivity contribution in [1.82, 2.24) is 9.78 Å². The van der Waals surface area contributed by atoms with Gasteiger partial charge in [-0.2, -0.15) is 5.10 Å². The first-order valence-corrected chi connectivity index (χ1v) is 11.4. The number of nitrogens with zero attached hydrogens (tertiary/aromatic N) is 2. The average Bonchev–Trinajstić information content (AvgIpc) is 3.15. The Hall–Kier alpha value is -1.67. The number of anilines is 1. The summed E-state index contributed by atoms with van der Waals surface area (Å²) in [4.78, 5) is 12.8. The van der Waals surface area contributed by atoms with Crippen LogP contribution in [0.5, 0.6) is 0 Å². The normalized spacial score (nSPS) is 21.3. The molecule has 1 N–H and O–H groups in total. The van der Waals surface area contributed by atoms with Gasteiger partial charge >= 0.3 is 0 Å². The van der Waals surface area contributed by atoms with E-state index in [1.807, 2.05) is 28.9 Å². The van der Waals surface area contributed by atoms with Crippen LogP contribution in [0.25, 0.3) is 0 Å². The quantitative estimate of drug-likeness (QED) is 0.799. The summed E-state index contributed by atoms with van der Waals surface area (Å²) in [5.74, 6) is 0.0838. The van der Waals surface area contributed by atoms with E-state index in [1.54, 1.807) is 0 Å². The first-order chi connectivity index (χ1) is 12.4. The number of halogens is 1. The molecule has 1 aliphatic heterocycles. The number of hydrogen-bond donors (Lipinski definition) is 1. The molecule has 2 aliphatic rings. The molecule has 0 saturated carbocycles. The Kier molecular flexibility index (Phi) is 4.64. The second kappa shape index (κ2) is 6.81. The summed E-state index contributed by atoms with van der Waals surface area (Å²) < 4.78 is 26.5. The van der Waals surface area contributed by atoms with Crippen LogP contribution in [0.1, 0.15) is 47.1 Å². The third-order valence-corrected chi connectivity index (χ3v) is 7.30. The van der Waals surface area contributed by atoms with Crippen LogP contribution in [0.15, 0.2) is 28.7 Å². The van der Waals surface area contributed by atoms with Gasteiger partial charge in [0, 0.05) is 21.4 Å². The molecule has 0 spiro atoms. The molecule has 1 atom stereocenters. The molecule has 1 aromatic carbocycles. The molecule has 4 rings (SSSR count). The lowest BCUT2D eigenvalue weighted by molar-refractivity contribution is 0.102. The zero-order chi connectivity index (χ0) is 18.3. The SMILES string of the molecule is O=C(Nc1cccc(Br)c1)c1nn([C@@H]2CCS(=O)(=O)C2)c2c1CCCC2. The van der Waals surface area contributed by atoms with Crippen molar-refractivity contribution in [2.45, 2.75) is 38.1 Å². The summed E-state index contributed by atoms with van der Waals surface area (Å²) >= 11 is 3.40. The van der Waals surface area contributed by atoms with Crippen molar-refractivity contribution in [3.05, 3.63) is 45.7 Å². The Labute approximate surface area is 161 Å². The van der Waals surface area contributed by atoms with Crippen LogP contribution in [0.4, 0.5) is 5.69 Å². The summed E-state index contributed by atoms with van der Waals surface area (Å²) in [7, 11) is -3.00. The molecule has 0 unspecified atom stereocenters. The fourth-order valence-corrected chi connectivity index (χ4v) is 5.93. The highest BCUT2D eigenvalue weighted by molar-refractivity contribution is 9.10. The predicted octanol–water partition coefficient (Wildman–Crippen LogP) is 3.14. The molecule has 0 radical (unpaired) electrons. The minimum atomic E-state index is -3.00. The van der Waals surface area contributed by atoms with Crippen LogP contribution in [0.2, 0.25) is 0 Å². The first kappa shape index (κ1) is 17.7. The molecule has 6 nitrogen and oxygen atoms in total. The van der Waals surface area contributed by atoms with E-state index in [-0.39, 0.29) is 23.5 Å². The highest BCUT2D eigenvalue weighted by Crippen LogP contribution is 2.31. The highest BCUT2D eigenvalue weighted by Gasteiger charge is 2.34. The number of nitrogens with one attached hydrogen (secondary N) is 1. The van der Waals surface area contributed by atoms with Gasteiger partial charge in [0.25, 0.3) is 5.91 Å². The molecule has 1 amide bonds. The van der Waals surface area contributed by atoms with E-state index in [9.17, 15) is 13.2 Å². The number of aromatic nitrogens is 2. The number of sulfone groups is 1. The molecule has 0 bridgehead atoms. The molecule has 138 valence electrons. The first-order valence-electron chi connectivity index (χ1n) is 8.80. The van der Waals surface area contributed by atoms with Gasteiger partial charge in [-0.15, -0.1) is 0 Å². The van der Waals surface area contributed by atoms with Gasteiger partial charge in [-0.05, 0) is 50.3 Å². The van der Waals surface area contributed by atoms with Gasteiger partial charge < -0.3 is 5.32 Å². The van der Waals surface area contributed by atoms with Gasteiger partial charge in [0.1, 0.15) is 0 Å². The van der Waals surface area contributed by atoms with Gasteiger partial charge in [0.05, 0.1) is 17.5 Å². The Morgan fingerprint density at radius 2 is 2.08 bits per heavy atom. The number of carbonyl (C=O) groups excluding carboxylic acids is 1. The molecular weight excluding hydrogens is 418 g/mol. The Morgan fingerprint density at radius 1 is 1.27 bits per heavy atom. The van der Waals surface area contributed by atoms with E-state index in [0.717, 1.165) is 41.4 Å². The second-order valence-electron chi connectivity index (χ2n) is 6.95. The average molecular weight is 438 g/mol. The molecular formula is C18H20BrN3O3S. The van der Waals surface area contributed by atoms with Crippen molar-refractivity contribution in [3.8, 4) is 0 Å². The summed E-state index contributed by atoms with van der Waals surface area (Å²) in [5.41, 5.74) is 3.15. The summed E-state index contributed by atoms with van der Waals surface area (Å²) in [6.07, 6.45) is 4.31. The maximum absolute atomic E-state index is 12.8. The largest absolute Gasteiger partial charge is 0.321 e. The Morgan fingerprint density at radius 3 is 2.81 bits per heavy atom. The van der Waals surface area contributed by atoms with E-state index in [2.05, 4.69) is 26.3 Å². The molecule has 1 aliphatic carbocycles. The number of hydrogen-bond acceptors (Lipinski definition) is 4. The highest BCUT2D eigenvalue weighted by atomic mass is 79.9. The van der Waals surface area contributed by atoms with Crippen molar-refractivity contribution >= 4 is 37.4 Å². The van der Waals surface area contributed by atoms with Crippen LogP contribution >= 0.6 is 15.9 Å². The topological polar surface area (TPSA) is 81.1 Å². The number of benzene rings is 1. The number of amides is 1. The number of rotatable bonds is 3. The van der Waals surface area contributed by atoms with Crippen molar-refractivity contribution in [2.75, 3.05) is 16.8 Å². The fourth-order valence-electron chi connectivity index (χ4n) is 3.84. The van der Waals surface area contributed by atoms with E-state index in [0.29, 0.717) is 17.8 Å². The van der Waals surface area contributed by atoms with E-state index in [1.165, 1.54) is 0 Å². The lowest BCUT2D eigenvalue weighted by atomic mass is 9.95. The smallest absolute Gasteiger partial charge is 0.276 e. The fraction of sp³-hybridized carbons (Fsp3) is 0.444. The maximum atomic E-state index is 12.8. The maximum Gasteiger partial charge on any atom is 0.276 e. The number of fused-ring (bicyclic) bond motifs is 1. The minimum absolute atomic E-state index is 0.119. The van der Waals surface area contributed by atoms with Crippen LogP contribution in [0.3, 0.4) is 0 Å². The van der Waals surface area contributed by atoms with E-state index < -0.39 is 9.84 Å². The van der Waals surface area contributed by atoms with Crippen molar-refractivity contribution < 1.29 is 13.2 Å². The van der Waals surface area contributed by atoms with Crippen molar-refractivity contribution in [1.29, 1.82) is 0 Å². The lowest BCUT2D eigenvalue weighted by Gasteiger charge is -2.17. The third kappa shape index (κ3) is 3.44. The standard InChI is InChI=1S/C18H20BrN3O3S/c19-12-4-3-5-13(10-12)20-18(23)17-15-6-1-2-7-16(15)22(21-17)14-8-9-26(24,25)11-14/h3-5,10,14H,1-2,6-9,11H2,(H,20,23)/t14-/m1/s1. The van der Waals surface area contributed by atoms with E-state index in [4.69, 9.17) is 0 Å². The third-order valence-electron chi connectivity index (χ3n) is 5.06. The second-order valence-corrected chi connectivity index (χ2v) is 10.1. The zero-order valence-corrected chi connectivity index (χ0v) is 16.6. The van der Waals surface area contributed by atoms with Crippen molar-refractivity contribution in [2.24, 2.45) is 0 Å². The Bertz CT molecular complexity index is 968. The van der Waals surface area contributed by atoms with Gasteiger partial charge in [-0.25, -0.2) is 8.42 Å². The van der Waals surface area contributed by atoms with Gasteiger partial charge in [0.2, 0.25) is 0 Å². The van der Waals surface area contributed by atoms with E-state index >= 15 is 0 Å². The van der Waals surface area contributed by atoms with Gasteiger partial charge in [-0.3, -0.25) is 9.48 Å². The summed E-state index contributed by atoms with van der Waals surface area (Å²) in [5, 5.41) is 7.49. The zero-order valence-electron chi connectivity index (χ0n) is 14.2. The predicted molar refractivity (Wildman–Crippen MR) is 103 cm³/mol. The van der Waals surface area contributed by atoms with Crippen LogP contribution < -0.4 is 5.32 Å². The molecule has 1 saturated heterocycles. The molecule has 2 heterocycles. The summed E-state index contributed by atoms with van der Waals surface area (Å²) in [6, 6.07) is 7.27. The monoisotopic (exact) mass is 437 g/mol. The molecule has 2 aromatic rings. The number of carbonyl (C=O) groups is 1. The summed E-state index contributed by atoms with van der Waals surface area (Å²) in [6.45, 7) is 0. The Balaban J connectivity index is 1.67. The van der Waals surface area contributed by atoms with Crippen LogP contribution in [-0.2, 0) is 22.7 Å². The molecule has 26 heavy (non-hydrogen) atoms. The molecule has 1 fully saturated rings. The molecule has 8 heteroatoms. The van der Waals surface area contributed by atoms with Gasteiger partial charge in [-0.1, -0.05) is 22.0 Å². The van der Waals surface area contributed by atoms with Gasteiger partial charge in [0.15, 0.2) is 15.5 Å². The van der Waals surface area contributed by atoms with Crippen molar-refractivity contribution in [3.63, 3.8) is 0 Å². The molecule has 1 aromatic heterocycles. The van der Waals surface area contributed by atoms with Crippen LogP contribution in [-0.4, -0.2) is 35.6 Å².